The number of hydrogen-bond donors (Lipinski definition) is 2. The lowest BCUT2D eigenvalue weighted by Gasteiger charge is -2.22. The van der Waals surface area contributed by atoms with Gasteiger partial charge >= 0.3 is 6.03 Å². The fraction of sp³-hybridized carbons (Fsp3) is 0.440. The quantitative estimate of drug-likeness (QED) is 0.560. The van der Waals surface area contributed by atoms with Crippen molar-refractivity contribution in [1.82, 2.24) is 20.2 Å². The molecule has 0 radical (unpaired) electrons. The van der Waals surface area contributed by atoms with Gasteiger partial charge in [0.1, 0.15) is 18.2 Å². The molecule has 164 valence electrons. The molecule has 6 heteroatoms. The van der Waals surface area contributed by atoms with Crippen LogP contribution in [0.4, 0.5) is 4.79 Å². The van der Waals surface area contributed by atoms with E-state index in [-0.39, 0.29) is 6.03 Å². The number of amides is 2. The molecule has 6 nitrogen and oxygen atoms in total. The Morgan fingerprint density at radius 1 is 1.10 bits per heavy atom. The van der Waals surface area contributed by atoms with Gasteiger partial charge in [0.05, 0.1) is 17.6 Å². The molecular weight excluding hydrogens is 388 g/mol. The number of nitrogens with one attached hydrogen (secondary N) is 2. The van der Waals surface area contributed by atoms with Crippen LogP contribution in [0.2, 0.25) is 0 Å². The molecule has 2 N–H and O–H groups in total. The number of nitrogens with zero attached hydrogens (tertiary/aromatic N) is 2. The van der Waals surface area contributed by atoms with Crippen molar-refractivity contribution in [3.8, 4) is 5.75 Å². The van der Waals surface area contributed by atoms with Gasteiger partial charge in [-0.05, 0) is 44.0 Å². The molecule has 2 aromatic carbocycles. The first-order valence-corrected chi connectivity index (χ1v) is 11.4. The Balaban J connectivity index is 1.34. The van der Waals surface area contributed by atoms with E-state index in [0.717, 1.165) is 35.4 Å². The molecule has 31 heavy (non-hydrogen) atoms. The average molecular weight is 421 g/mol. The number of aromatic nitrogens is 2. The second kappa shape index (κ2) is 10.3. The topological polar surface area (TPSA) is 68.2 Å². The normalized spacial score (nSPS) is 14.5. The summed E-state index contributed by atoms with van der Waals surface area (Å²) < 4.78 is 8.14. The SMILES string of the molecule is Cc1ccc(OCCn2c(CCNC(=O)NC3CCCCC3)nc3ccccc32)cc1. The van der Waals surface area contributed by atoms with Crippen LogP contribution in [0, 0.1) is 6.92 Å². The highest BCUT2D eigenvalue weighted by atomic mass is 16.5. The standard InChI is InChI=1S/C25H32N4O2/c1-19-11-13-21(14-12-19)31-18-17-29-23-10-6-5-9-22(23)28-24(29)15-16-26-25(30)27-20-7-3-2-4-8-20/h5-6,9-14,20H,2-4,7-8,15-18H2,1H3,(H2,26,27,30). The molecule has 0 spiro atoms. The number of hydrogen-bond acceptors (Lipinski definition) is 3. The van der Waals surface area contributed by atoms with E-state index in [1.165, 1.54) is 24.8 Å². The predicted molar refractivity (Wildman–Crippen MR) is 124 cm³/mol. The molecule has 0 bridgehead atoms. The number of benzene rings is 2. The van der Waals surface area contributed by atoms with Crippen LogP contribution < -0.4 is 15.4 Å². The Morgan fingerprint density at radius 3 is 2.68 bits per heavy atom. The molecule has 1 fully saturated rings. The van der Waals surface area contributed by atoms with Gasteiger partial charge in [-0.1, -0.05) is 49.1 Å². The van der Waals surface area contributed by atoms with E-state index in [4.69, 9.17) is 9.72 Å². The molecule has 1 heterocycles. The van der Waals surface area contributed by atoms with Crippen molar-refractivity contribution < 1.29 is 9.53 Å². The minimum atomic E-state index is -0.0720. The van der Waals surface area contributed by atoms with E-state index in [0.29, 0.717) is 32.2 Å². The zero-order valence-corrected chi connectivity index (χ0v) is 18.3. The molecule has 4 rings (SSSR count). The monoisotopic (exact) mass is 420 g/mol. The van der Waals surface area contributed by atoms with Crippen LogP contribution in [0.15, 0.2) is 48.5 Å². The van der Waals surface area contributed by atoms with E-state index < -0.39 is 0 Å². The van der Waals surface area contributed by atoms with E-state index >= 15 is 0 Å². The van der Waals surface area contributed by atoms with Gasteiger partial charge < -0.3 is 19.9 Å². The van der Waals surface area contributed by atoms with Crippen LogP contribution in [0.1, 0.15) is 43.5 Å². The molecule has 3 aromatic rings. The summed E-state index contributed by atoms with van der Waals surface area (Å²) >= 11 is 0. The lowest BCUT2D eigenvalue weighted by molar-refractivity contribution is 0.232. The number of carbonyl (C=O) groups is 1. The van der Waals surface area contributed by atoms with E-state index in [1.807, 2.05) is 30.3 Å². The number of carbonyl (C=O) groups excluding carboxylic acids is 1. The summed E-state index contributed by atoms with van der Waals surface area (Å²) in [6, 6.07) is 16.5. The zero-order chi connectivity index (χ0) is 21.5. The average Bonchev–Trinajstić information content (AvgIpc) is 3.13. The Labute approximate surface area is 184 Å². The van der Waals surface area contributed by atoms with Gasteiger partial charge in [-0.15, -0.1) is 0 Å². The Bertz CT molecular complexity index is 990. The van der Waals surface area contributed by atoms with Crippen molar-refractivity contribution in [2.45, 2.75) is 58.0 Å². The Morgan fingerprint density at radius 2 is 1.87 bits per heavy atom. The van der Waals surface area contributed by atoms with Crippen LogP contribution in [0.25, 0.3) is 11.0 Å². The summed E-state index contributed by atoms with van der Waals surface area (Å²) in [5.74, 6) is 1.84. The summed E-state index contributed by atoms with van der Waals surface area (Å²) in [6.45, 7) is 3.89. The maximum absolute atomic E-state index is 12.2. The highest BCUT2D eigenvalue weighted by Gasteiger charge is 2.16. The van der Waals surface area contributed by atoms with Crippen LogP contribution in [0.3, 0.4) is 0 Å². The first kappa shape index (κ1) is 21.2. The van der Waals surface area contributed by atoms with Gasteiger partial charge in [-0.2, -0.15) is 0 Å². The van der Waals surface area contributed by atoms with Crippen LogP contribution in [-0.2, 0) is 13.0 Å². The van der Waals surface area contributed by atoms with Crippen LogP contribution in [-0.4, -0.2) is 34.8 Å². The number of para-hydroxylation sites is 2. The molecule has 0 atom stereocenters. The highest BCUT2D eigenvalue weighted by Crippen LogP contribution is 2.18. The number of imidazole rings is 1. The van der Waals surface area contributed by atoms with Gasteiger partial charge in [-0.25, -0.2) is 9.78 Å². The van der Waals surface area contributed by atoms with Crippen LogP contribution in [0.5, 0.6) is 5.75 Å². The summed E-state index contributed by atoms with van der Waals surface area (Å²) in [7, 11) is 0. The third kappa shape index (κ3) is 5.78. The first-order chi connectivity index (χ1) is 15.2. The third-order valence-corrected chi connectivity index (χ3v) is 5.91. The van der Waals surface area contributed by atoms with Crippen molar-refractivity contribution in [3.63, 3.8) is 0 Å². The first-order valence-electron chi connectivity index (χ1n) is 11.4. The lowest BCUT2D eigenvalue weighted by atomic mass is 9.96. The molecule has 0 saturated heterocycles. The summed E-state index contributed by atoms with van der Waals surface area (Å²) in [5, 5.41) is 6.11. The smallest absolute Gasteiger partial charge is 0.315 e. The van der Waals surface area contributed by atoms with E-state index in [1.54, 1.807) is 0 Å². The Hall–Kier alpha value is -3.02. The largest absolute Gasteiger partial charge is 0.492 e. The van der Waals surface area contributed by atoms with Gasteiger partial charge in [0, 0.05) is 19.0 Å². The molecule has 1 aliphatic carbocycles. The number of rotatable bonds is 8. The van der Waals surface area contributed by atoms with E-state index in [9.17, 15) is 4.79 Å². The van der Waals surface area contributed by atoms with Crippen molar-refractivity contribution in [2.75, 3.05) is 13.2 Å². The maximum atomic E-state index is 12.2. The van der Waals surface area contributed by atoms with Gasteiger partial charge in [0.15, 0.2) is 0 Å². The minimum absolute atomic E-state index is 0.0720. The Kier molecular flexibility index (Phi) is 7.07. The fourth-order valence-corrected chi connectivity index (χ4v) is 4.23. The molecule has 1 aromatic heterocycles. The molecule has 2 amide bonds. The van der Waals surface area contributed by atoms with Crippen LogP contribution >= 0.6 is 0 Å². The molecule has 0 unspecified atom stereocenters. The zero-order valence-electron chi connectivity index (χ0n) is 18.3. The van der Waals surface area contributed by atoms with Gasteiger partial charge in [-0.3, -0.25) is 0 Å². The fourth-order valence-electron chi connectivity index (χ4n) is 4.23. The molecule has 1 aliphatic rings. The lowest BCUT2D eigenvalue weighted by Crippen LogP contribution is -2.43. The number of fused-ring (bicyclic) bond motifs is 1. The number of aryl methyl sites for hydroxylation is 1. The summed E-state index contributed by atoms with van der Waals surface area (Å²) in [6.07, 6.45) is 6.55. The third-order valence-electron chi connectivity index (χ3n) is 5.91. The second-order valence-corrected chi connectivity index (χ2v) is 8.32. The van der Waals surface area contributed by atoms with Crippen molar-refractivity contribution in [1.29, 1.82) is 0 Å². The maximum Gasteiger partial charge on any atom is 0.315 e. The predicted octanol–water partition coefficient (Wildman–Crippen LogP) is 4.60. The molecular formula is C25H32N4O2. The molecule has 0 aliphatic heterocycles. The summed E-state index contributed by atoms with van der Waals surface area (Å²) in [4.78, 5) is 17.0. The van der Waals surface area contributed by atoms with Crippen molar-refractivity contribution in [2.24, 2.45) is 0 Å². The van der Waals surface area contributed by atoms with Crippen molar-refractivity contribution in [3.05, 3.63) is 59.9 Å². The minimum Gasteiger partial charge on any atom is -0.492 e. The van der Waals surface area contributed by atoms with E-state index in [2.05, 4.69) is 40.3 Å². The summed E-state index contributed by atoms with van der Waals surface area (Å²) in [5.41, 5.74) is 3.28. The molecule has 1 saturated carbocycles. The number of ether oxygens (including phenoxy) is 1. The van der Waals surface area contributed by atoms with Crippen molar-refractivity contribution >= 4 is 17.1 Å². The number of urea groups is 1. The highest BCUT2D eigenvalue weighted by molar-refractivity contribution is 5.76. The second-order valence-electron chi connectivity index (χ2n) is 8.32. The van der Waals surface area contributed by atoms with Gasteiger partial charge in [0.2, 0.25) is 0 Å². The van der Waals surface area contributed by atoms with Gasteiger partial charge in [0.25, 0.3) is 0 Å².